The lowest BCUT2D eigenvalue weighted by atomic mass is 9.85. The van der Waals surface area contributed by atoms with Gasteiger partial charge in [0.05, 0.1) is 4.92 Å². The van der Waals surface area contributed by atoms with Crippen LogP contribution < -0.4 is 5.32 Å². The average molecular weight is 276 g/mol. The molecule has 0 amide bonds. The summed E-state index contributed by atoms with van der Waals surface area (Å²) in [4.78, 5) is 14.5. The fourth-order valence-corrected chi connectivity index (χ4v) is 2.31. The smallest absolute Gasteiger partial charge is 0.328 e. The lowest BCUT2D eigenvalue weighted by Gasteiger charge is -2.25. The number of anilines is 1. The van der Waals surface area contributed by atoms with E-state index in [1.54, 1.807) is 0 Å². The van der Waals surface area contributed by atoms with Crippen molar-refractivity contribution in [2.45, 2.75) is 27.7 Å². The number of nitriles is 1. The predicted octanol–water partition coefficient (Wildman–Crippen LogP) is 3.20. The first-order valence-corrected chi connectivity index (χ1v) is 6.65. The summed E-state index contributed by atoms with van der Waals surface area (Å²) in [6.45, 7) is 9.09. The molecule has 0 bridgehead atoms. The molecule has 0 radical (unpaired) electrons. The highest BCUT2D eigenvalue weighted by Gasteiger charge is 2.23. The van der Waals surface area contributed by atoms with Gasteiger partial charge in [-0.2, -0.15) is 5.26 Å². The van der Waals surface area contributed by atoms with E-state index in [2.05, 4.69) is 38.0 Å². The molecule has 108 valence electrons. The minimum absolute atomic E-state index is 0.0261. The standard InChI is InChI=1S/C14H20N4O2/c1-9(2)12(10(3)4)8-17-14-13(18(19)20)11(7-15)5-6-16-14/h5-6,9-10,12H,8H2,1-4H3,(H,16,17). The van der Waals surface area contributed by atoms with Crippen molar-refractivity contribution in [2.24, 2.45) is 17.8 Å². The zero-order valence-corrected chi connectivity index (χ0v) is 12.3. The van der Waals surface area contributed by atoms with Crippen molar-refractivity contribution in [3.63, 3.8) is 0 Å². The first-order valence-electron chi connectivity index (χ1n) is 6.65. The van der Waals surface area contributed by atoms with Gasteiger partial charge in [0.25, 0.3) is 0 Å². The van der Waals surface area contributed by atoms with Gasteiger partial charge in [-0.1, -0.05) is 27.7 Å². The highest BCUT2D eigenvalue weighted by atomic mass is 16.6. The van der Waals surface area contributed by atoms with Gasteiger partial charge < -0.3 is 5.32 Å². The van der Waals surface area contributed by atoms with E-state index in [9.17, 15) is 10.1 Å². The van der Waals surface area contributed by atoms with E-state index < -0.39 is 4.92 Å². The van der Waals surface area contributed by atoms with Crippen LogP contribution in [-0.4, -0.2) is 16.5 Å². The van der Waals surface area contributed by atoms with Crippen LogP contribution in [0.3, 0.4) is 0 Å². The number of hydrogen-bond donors (Lipinski definition) is 1. The van der Waals surface area contributed by atoms with Crippen LogP contribution in [0.15, 0.2) is 12.3 Å². The summed E-state index contributed by atoms with van der Waals surface area (Å²) < 4.78 is 0. The fraction of sp³-hybridized carbons (Fsp3) is 0.571. The van der Waals surface area contributed by atoms with Gasteiger partial charge in [-0.25, -0.2) is 4.98 Å². The molecule has 1 rings (SSSR count). The molecular weight excluding hydrogens is 256 g/mol. The normalized spacial score (nSPS) is 10.9. The van der Waals surface area contributed by atoms with Crippen LogP contribution in [0, 0.1) is 39.2 Å². The maximum absolute atomic E-state index is 11.1. The SMILES string of the molecule is CC(C)C(CNc1nccc(C#N)c1[N+](=O)[O-])C(C)C. The summed E-state index contributed by atoms with van der Waals surface area (Å²) in [5.74, 6) is 1.46. The van der Waals surface area contributed by atoms with E-state index in [4.69, 9.17) is 5.26 Å². The molecule has 0 aliphatic heterocycles. The van der Waals surface area contributed by atoms with Crippen molar-refractivity contribution in [1.29, 1.82) is 5.26 Å². The van der Waals surface area contributed by atoms with E-state index in [0.29, 0.717) is 24.3 Å². The largest absolute Gasteiger partial charge is 0.364 e. The van der Waals surface area contributed by atoms with Crippen LogP contribution in [-0.2, 0) is 0 Å². The monoisotopic (exact) mass is 276 g/mol. The average Bonchev–Trinajstić information content (AvgIpc) is 2.37. The molecule has 1 aromatic heterocycles. The van der Waals surface area contributed by atoms with Crippen LogP contribution in [0.25, 0.3) is 0 Å². The van der Waals surface area contributed by atoms with Gasteiger partial charge in [-0.3, -0.25) is 10.1 Å². The molecule has 0 saturated carbocycles. The fourth-order valence-electron chi connectivity index (χ4n) is 2.31. The van der Waals surface area contributed by atoms with Gasteiger partial charge in [0, 0.05) is 12.7 Å². The molecular formula is C14H20N4O2. The van der Waals surface area contributed by atoms with Gasteiger partial charge in [0.15, 0.2) is 0 Å². The Labute approximate surface area is 119 Å². The number of nitro groups is 1. The third-order valence-electron chi connectivity index (χ3n) is 3.45. The zero-order valence-electron chi connectivity index (χ0n) is 12.3. The van der Waals surface area contributed by atoms with Gasteiger partial charge >= 0.3 is 5.69 Å². The van der Waals surface area contributed by atoms with Gasteiger partial charge in [-0.15, -0.1) is 0 Å². The second kappa shape index (κ2) is 6.85. The number of rotatable bonds is 6. The highest BCUT2D eigenvalue weighted by molar-refractivity contribution is 5.64. The Morgan fingerprint density at radius 2 is 2.00 bits per heavy atom. The molecule has 0 aliphatic carbocycles. The molecule has 0 atom stereocenters. The van der Waals surface area contributed by atoms with Crippen molar-refractivity contribution >= 4 is 11.5 Å². The number of pyridine rings is 1. The number of hydrogen-bond acceptors (Lipinski definition) is 5. The van der Waals surface area contributed by atoms with Gasteiger partial charge in [-0.05, 0) is 23.8 Å². The van der Waals surface area contributed by atoms with Crippen LogP contribution in [0.5, 0.6) is 0 Å². The molecule has 20 heavy (non-hydrogen) atoms. The molecule has 1 aromatic rings. The topological polar surface area (TPSA) is 91.8 Å². The number of nitrogens with one attached hydrogen (secondary N) is 1. The molecule has 0 aromatic carbocycles. The van der Waals surface area contributed by atoms with E-state index >= 15 is 0 Å². The van der Waals surface area contributed by atoms with Crippen LogP contribution in [0.2, 0.25) is 0 Å². The molecule has 0 spiro atoms. The summed E-state index contributed by atoms with van der Waals surface area (Å²) in [5.41, 5.74) is -0.223. The first kappa shape index (κ1) is 15.9. The number of nitrogens with zero attached hydrogens (tertiary/aromatic N) is 3. The number of aromatic nitrogens is 1. The Hall–Kier alpha value is -2.16. The maximum atomic E-state index is 11.1. The third kappa shape index (κ3) is 3.67. The van der Waals surface area contributed by atoms with Crippen molar-refractivity contribution in [1.82, 2.24) is 4.98 Å². The van der Waals surface area contributed by atoms with Gasteiger partial charge in [0.2, 0.25) is 5.82 Å². The van der Waals surface area contributed by atoms with E-state index in [1.165, 1.54) is 12.3 Å². The molecule has 1 N–H and O–H groups in total. The molecule has 0 unspecified atom stereocenters. The Bertz CT molecular complexity index is 512. The molecule has 0 fully saturated rings. The Morgan fingerprint density at radius 1 is 1.40 bits per heavy atom. The summed E-state index contributed by atoms with van der Waals surface area (Å²) in [7, 11) is 0. The first-order chi connectivity index (χ1) is 9.38. The Morgan fingerprint density at radius 3 is 2.45 bits per heavy atom. The van der Waals surface area contributed by atoms with Crippen molar-refractivity contribution in [3.8, 4) is 6.07 Å². The summed E-state index contributed by atoms with van der Waals surface area (Å²) >= 11 is 0. The lowest BCUT2D eigenvalue weighted by molar-refractivity contribution is -0.384. The van der Waals surface area contributed by atoms with Crippen molar-refractivity contribution in [2.75, 3.05) is 11.9 Å². The zero-order chi connectivity index (χ0) is 15.3. The molecule has 6 heteroatoms. The van der Waals surface area contributed by atoms with Crippen LogP contribution in [0.4, 0.5) is 11.5 Å². The minimum Gasteiger partial charge on any atom is -0.364 e. The Kier molecular flexibility index (Phi) is 5.44. The lowest BCUT2D eigenvalue weighted by Crippen LogP contribution is -2.25. The summed E-state index contributed by atoms with van der Waals surface area (Å²) in [6, 6.07) is 3.18. The molecule has 0 saturated heterocycles. The molecule has 1 heterocycles. The van der Waals surface area contributed by atoms with Crippen molar-refractivity contribution < 1.29 is 4.92 Å². The third-order valence-corrected chi connectivity index (χ3v) is 3.45. The van der Waals surface area contributed by atoms with Gasteiger partial charge in [0.1, 0.15) is 11.6 Å². The van der Waals surface area contributed by atoms with Crippen molar-refractivity contribution in [3.05, 3.63) is 27.9 Å². The second-order valence-corrected chi connectivity index (χ2v) is 5.46. The Balaban J connectivity index is 2.99. The second-order valence-electron chi connectivity index (χ2n) is 5.46. The van der Waals surface area contributed by atoms with Crippen LogP contribution in [0.1, 0.15) is 33.3 Å². The van der Waals surface area contributed by atoms with E-state index in [-0.39, 0.29) is 17.1 Å². The summed E-state index contributed by atoms with van der Waals surface area (Å²) in [5, 5.41) is 23.1. The molecule has 0 aliphatic rings. The maximum Gasteiger partial charge on any atom is 0.328 e. The predicted molar refractivity (Wildman–Crippen MR) is 77.3 cm³/mol. The van der Waals surface area contributed by atoms with Crippen LogP contribution >= 0.6 is 0 Å². The molecule has 6 nitrogen and oxygen atoms in total. The van der Waals surface area contributed by atoms with E-state index in [0.717, 1.165) is 0 Å². The quantitative estimate of drug-likeness (QED) is 0.636. The highest BCUT2D eigenvalue weighted by Crippen LogP contribution is 2.27. The summed E-state index contributed by atoms with van der Waals surface area (Å²) in [6.07, 6.45) is 1.41. The minimum atomic E-state index is -0.562. The van der Waals surface area contributed by atoms with E-state index in [1.807, 2.05) is 6.07 Å².